The van der Waals surface area contributed by atoms with Crippen molar-refractivity contribution in [3.8, 4) is 0 Å². The Morgan fingerprint density at radius 2 is 1.75 bits per heavy atom. The highest BCUT2D eigenvalue weighted by atomic mass is 35.5. The standard InChI is InChI=1S/C21H20ClN3O3/c1-14(26)15-2-5-17(6-3-15)24-10-8-23(9-11-24)13-25-19-7-4-16(22)12-18(19)20(27)21(25)28/h2-7,12H,8-11,13H2,1H3/p+1. The molecule has 6 nitrogen and oxygen atoms in total. The number of amides is 1. The van der Waals surface area contributed by atoms with Crippen LogP contribution in [0.4, 0.5) is 11.4 Å². The molecular formula is C21H21ClN3O3+. The van der Waals surface area contributed by atoms with E-state index in [1.54, 1.807) is 30.0 Å². The van der Waals surface area contributed by atoms with Gasteiger partial charge in [0.05, 0.1) is 37.4 Å². The van der Waals surface area contributed by atoms with E-state index in [1.165, 1.54) is 4.90 Å². The van der Waals surface area contributed by atoms with Crippen molar-refractivity contribution in [1.82, 2.24) is 0 Å². The fraction of sp³-hybridized carbons (Fsp3) is 0.286. The van der Waals surface area contributed by atoms with Crippen LogP contribution in [0, 0.1) is 0 Å². The zero-order valence-electron chi connectivity index (χ0n) is 15.6. The van der Waals surface area contributed by atoms with Crippen molar-refractivity contribution >= 4 is 40.4 Å². The number of quaternary nitrogens is 1. The van der Waals surface area contributed by atoms with Crippen molar-refractivity contribution in [1.29, 1.82) is 0 Å². The van der Waals surface area contributed by atoms with Crippen LogP contribution in [0.15, 0.2) is 42.5 Å². The number of anilines is 2. The predicted molar refractivity (Wildman–Crippen MR) is 107 cm³/mol. The highest BCUT2D eigenvalue weighted by Gasteiger charge is 2.38. The summed E-state index contributed by atoms with van der Waals surface area (Å²) in [5.41, 5.74) is 2.84. The highest BCUT2D eigenvalue weighted by Crippen LogP contribution is 2.30. The van der Waals surface area contributed by atoms with Crippen LogP contribution in [0.3, 0.4) is 0 Å². The van der Waals surface area contributed by atoms with Crippen LogP contribution in [-0.2, 0) is 4.79 Å². The lowest BCUT2D eigenvalue weighted by Crippen LogP contribution is -3.16. The highest BCUT2D eigenvalue weighted by molar-refractivity contribution is 6.52. The van der Waals surface area contributed by atoms with Crippen LogP contribution in [0.25, 0.3) is 0 Å². The first-order valence-electron chi connectivity index (χ1n) is 9.29. The topological polar surface area (TPSA) is 62.1 Å². The summed E-state index contributed by atoms with van der Waals surface area (Å²) < 4.78 is 0. The molecule has 2 aliphatic rings. The Morgan fingerprint density at radius 3 is 2.39 bits per heavy atom. The fourth-order valence-electron chi connectivity index (χ4n) is 3.80. The summed E-state index contributed by atoms with van der Waals surface area (Å²) in [4.78, 5) is 41.1. The fourth-order valence-corrected chi connectivity index (χ4v) is 3.97. The molecule has 0 aromatic heterocycles. The number of rotatable bonds is 4. The van der Waals surface area contributed by atoms with Gasteiger partial charge in [0, 0.05) is 16.3 Å². The summed E-state index contributed by atoms with van der Waals surface area (Å²) in [6.45, 7) is 5.44. The molecule has 0 saturated carbocycles. The lowest BCUT2D eigenvalue weighted by Gasteiger charge is -2.35. The number of carbonyl (C=O) groups is 3. The molecule has 0 spiro atoms. The molecule has 0 bridgehead atoms. The third kappa shape index (κ3) is 3.41. The molecule has 1 N–H and O–H groups in total. The molecule has 1 saturated heterocycles. The molecule has 2 aliphatic heterocycles. The molecule has 2 aromatic carbocycles. The third-order valence-corrected chi connectivity index (χ3v) is 5.66. The Labute approximate surface area is 168 Å². The second-order valence-corrected chi connectivity index (χ2v) is 7.66. The lowest BCUT2D eigenvalue weighted by atomic mass is 10.1. The number of benzene rings is 2. The molecule has 0 radical (unpaired) electrons. The van der Waals surface area contributed by atoms with Gasteiger partial charge in [-0.05, 0) is 49.4 Å². The number of fused-ring (bicyclic) bond motifs is 1. The molecule has 2 aromatic rings. The van der Waals surface area contributed by atoms with Crippen LogP contribution >= 0.6 is 11.6 Å². The van der Waals surface area contributed by atoms with Crippen molar-refractivity contribution < 1.29 is 19.3 Å². The molecule has 28 heavy (non-hydrogen) atoms. The Balaban J connectivity index is 1.40. The van der Waals surface area contributed by atoms with Gasteiger partial charge in [0.25, 0.3) is 5.78 Å². The Hall–Kier alpha value is -2.70. The maximum Gasteiger partial charge on any atom is 0.303 e. The van der Waals surface area contributed by atoms with E-state index in [-0.39, 0.29) is 5.78 Å². The summed E-state index contributed by atoms with van der Waals surface area (Å²) in [6, 6.07) is 12.7. The van der Waals surface area contributed by atoms with E-state index in [1.807, 2.05) is 24.3 Å². The number of ketones is 2. The smallest absolute Gasteiger partial charge is 0.303 e. The number of nitrogens with one attached hydrogen (secondary N) is 1. The molecule has 1 amide bonds. The minimum atomic E-state index is -0.485. The van der Waals surface area contributed by atoms with Gasteiger partial charge in [0.1, 0.15) is 0 Å². The third-order valence-electron chi connectivity index (χ3n) is 5.42. The summed E-state index contributed by atoms with van der Waals surface area (Å²) in [5, 5.41) is 0.457. The number of piperazine rings is 1. The number of hydrogen-bond donors (Lipinski definition) is 1. The summed E-state index contributed by atoms with van der Waals surface area (Å²) >= 11 is 5.97. The molecule has 1 fully saturated rings. The van der Waals surface area contributed by atoms with Crippen molar-refractivity contribution in [3.63, 3.8) is 0 Å². The van der Waals surface area contributed by atoms with Gasteiger partial charge in [-0.1, -0.05) is 11.6 Å². The van der Waals surface area contributed by atoms with E-state index in [0.717, 1.165) is 31.9 Å². The van der Waals surface area contributed by atoms with Crippen LogP contribution in [-0.4, -0.2) is 50.3 Å². The number of Topliss-reactive ketones (excluding diaryl/α,β-unsaturated/α-hetero) is 2. The summed E-state index contributed by atoms with van der Waals surface area (Å²) in [7, 11) is 0. The molecular weight excluding hydrogens is 378 g/mol. The number of carbonyl (C=O) groups excluding carboxylic acids is 3. The summed E-state index contributed by atoms with van der Waals surface area (Å²) in [6.07, 6.45) is 0. The average Bonchev–Trinajstić information content (AvgIpc) is 2.93. The molecule has 2 heterocycles. The van der Waals surface area contributed by atoms with Crippen LogP contribution in [0.5, 0.6) is 0 Å². The van der Waals surface area contributed by atoms with Crippen molar-refractivity contribution in [3.05, 3.63) is 58.6 Å². The van der Waals surface area contributed by atoms with E-state index in [4.69, 9.17) is 11.6 Å². The van der Waals surface area contributed by atoms with E-state index in [9.17, 15) is 14.4 Å². The van der Waals surface area contributed by atoms with E-state index < -0.39 is 11.7 Å². The minimum absolute atomic E-state index is 0.0622. The second kappa shape index (κ2) is 7.37. The minimum Gasteiger partial charge on any atom is -0.360 e. The average molecular weight is 399 g/mol. The van der Waals surface area contributed by atoms with Crippen LogP contribution < -0.4 is 14.7 Å². The molecule has 0 unspecified atom stereocenters. The van der Waals surface area contributed by atoms with Gasteiger partial charge in [-0.2, -0.15) is 0 Å². The van der Waals surface area contributed by atoms with Gasteiger partial charge in [-0.3, -0.25) is 19.3 Å². The monoisotopic (exact) mass is 398 g/mol. The quantitative estimate of drug-likeness (QED) is 0.625. The van der Waals surface area contributed by atoms with Gasteiger partial charge in [0.2, 0.25) is 0 Å². The largest absolute Gasteiger partial charge is 0.360 e. The Kier molecular flexibility index (Phi) is 4.91. The maximum atomic E-state index is 12.4. The zero-order valence-corrected chi connectivity index (χ0v) is 16.3. The maximum absolute atomic E-state index is 12.4. The predicted octanol–water partition coefficient (Wildman–Crippen LogP) is 1.43. The SMILES string of the molecule is CC(=O)c1ccc(N2CC[NH+](CN3C(=O)C(=O)c4cc(Cl)ccc43)CC2)cc1. The normalized spacial score (nSPS) is 17.2. The van der Waals surface area contributed by atoms with Gasteiger partial charge in [-0.15, -0.1) is 0 Å². The molecule has 7 heteroatoms. The zero-order chi connectivity index (χ0) is 19.8. The second-order valence-electron chi connectivity index (χ2n) is 7.22. The van der Waals surface area contributed by atoms with Gasteiger partial charge in [-0.25, -0.2) is 0 Å². The lowest BCUT2D eigenvalue weighted by molar-refractivity contribution is -0.899. The van der Waals surface area contributed by atoms with Crippen molar-refractivity contribution in [2.75, 3.05) is 42.6 Å². The van der Waals surface area contributed by atoms with Gasteiger partial charge < -0.3 is 9.80 Å². The van der Waals surface area contributed by atoms with E-state index in [0.29, 0.717) is 28.5 Å². The first-order chi connectivity index (χ1) is 13.4. The first-order valence-corrected chi connectivity index (χ1v) is 9.67. The van der Waals surface area contributed by atoms with Gasteiger partial charge in [0.15, 0.2) is 12.5 Å². The van der Waals surface area contributed by atoms with E-state index in [2.05, 4.69) is 4.90 Å². The molecule has 144 valence electrons. The Morgan fingerprint density at radius 1 is 1.07 bits per heavy atom. The van der Waals surface area contributed by atoms with Crippen molar-refractivity contribution in [2.24, 2.45) is 0 Å². The summed E-state index contributed by atoms with van der Waals surface area (Å²) in [5.74, 6) is -0.902. The molecule has 4 rings (SSSR count). The Bertz CT molecular complexity index is 950. The molecule has 0 aliphatic carbocycles. The number of halogens is 1. The van der Waals surface area contributed by atoms with Gasteiger partial charge >= 0.3 is 5.91 Å². The van der Waals surface area contributed by atoms with E-state index >= 15 is 0 Å². The molecule has 0 atom stereocenters. The number of hydrogen-bond acceptors (Lipinski definition) is 4. The first kappa shape index (κ1) is 18.7. The van der Waals surface area contributed by atoms with Crippen LogP contribution in [0.2, 0.25) is 5.02 Å². The van der Waals surface area contributed by atoms with Crippen molar-refractivity contribution in [2.45, 2.75) is 6.92 Å². The number of nitrogens with zero attached hydrogens (tertiary/aromatic N) is 2. The van der Waals surface area contributed by atoms with Crippen LogP contribution in [0.1, 0.15) is 27.6 Å².